The van der Waals surface area contributed by atoms with Crippen LogP contribution in [0.2, 0.25) is 0 Å². The third kappa shape index (κ3) is 3.82. The normalized spacial score (nSPS) is 10.2. The summed E-state index contributed by atoms with van der Waals surface area (Å²) in [5, 5.41) is 0. The molecule has 0 aliphatic carbocycles. The van der Waals surface area contributed by atoms with E-state index in [0.717, 1.165) is 0 Å². The molecule has 0 aliphatic heterocycles. The first-order valence-electron chi connectivity index (χ1n) is 2.16. The second-order valence-corrected chi connectivity index (χ2v) is 2.23. The highest BCUT2D eigenvalue weighted by atomic mass is 32.3. The van der Waals surface area contributed by atoms with Crippen LogP contribution in [0.3, 0.4) is 0 Å². The highest BCUT2D eigenvalue weighted by Gasteiger charge is 2.07. The molecule has 0 radical (unpaired) electrons. The zero-order valence-electron chi connectivity index (χ0n) is 4.83. The SMILES string of the molecule is C#COS(=O)(=O)OCC. The summed E-state index contributed by atoms with van der Waals surface area (Å²) in [4.78, 5) is 0. The van der Waals surface area contributed by atoms with E-state index in [1.54, 1.807) is 0 Å². The summed E-state index contributed by atoms with van der Waals surface area (Å²) < 4.78 is 28.3. The van der Waals surface area contributed by atoms with Crippen molar-refractivity contribution in [2.24, 2.45) is 0 Å². The fourth-order valence-electron chi connectivity index (χ4n) is 0.227. The summed E-state index contributed by atoms with van der Waals surface area (Å²) in [6, 6.07) is 0. The van der Waals surface area contributed by atoms with E-state index in [9.17, 15) is 8.42 Å². The van der Waals surface area contributed by atoms with Gasteiger partial charge in [-0.3, -0.25) is 0 Å². The zero-order chi connectivity index (χ0) is 7.33. The Balaban J connectivity index is 3.93. The van der Waals surface area contributed by atoms with Crippen LogP contribution in [0.5, 0.6) is 0 Å². The lowest BCUT2D eigenvalue weighted by atomic mass is 10.9. The standard InChI is InChI=1S/C4H6O4S/c1-3-7-9(5,6)8-4-2/h1H,4H2,2H3. The smallest absolute Gasteiger partial charge is 0.307 e. The zero-order valence-corrected chi connectivity index (χ0v) is 5.64. The van der Waals surface area contributed by atoms with E-state index in [4.69, 9.17) is 0 Å². The lowest BCUT2D eigenvalue weighted by Gasteiger charge is -1.95. The Labute approximate surface area is 54.1 Å². The molecular formula is C4H6O4S. The van der Waals surface area contributed by atoms with Gasteiger partial charge in [0.15, 0.2) is 0 Å². The molecule has 0 rings (SSSR count). The minimum Gasteiger partial charge on any atom is -0.307 e. The molecule has 0 amide bonds. The van der Waals surface area contributed by atoms with Crippen molar-refractivity contribution in [2.45, 2.75) is 6.92 Å². The second-order valence-electron chi connectivity index (χ2n) is 1.02. The Kier molecular flexibility index (Phi) is 3.06. The molecule has 9 heavy (non-hydrogen) atoms. The summed E-state index contributed by atoms with van der Waals surface area (Å²) in [7, 11) is -3.92. The van der Waals surface area contributed by atoms with Crippen molar-refractivity contribution in [3.8, 4) is 12.5 Å². The minimum absolute atomic E-state index is 0.0179. The first-order valence-corrected chi connectivity index (χ1v) is 3.49. The minimum atomic E-state index is -3.92. The summed E-state index contributed by atoms with van der Waals surface area (Å²) in [5.74, 6) is 0. The molecule has 0 aromatic carbocycles. The molecule has 0 heterocycles. The topological polar surface area (TPSA) is 52.6 Å². The van der Waals surface area contributed by atoms with Gasteiger partial charge in [-0.05, 0) is 6.92 Å². The van der Waals surface area contributed by atoms with E-state index in [1.807, 2.05) is 0 Å². The van der Waals surface area contributed by atoms with Gasteiger partial charge < -0.3 is 4.18 Å². The maximum Gasteiger partial charge on any atom is 0.457 e. The predicted molar refractivity (Wildman–Crippen MR) is 30.5 cm³/mol. The largest absolute Gasteiger partial charge is 0.457 e. The van der Waals surface area contributed by atoms with Gasteiger partial charge in [0.2, 0.25) is 0 Å². The molecule has 0 spiro atoms. The predicted octanol–water partition coefficient (Wildman–Crippen LogP) is -0.125. The molecule has 0 aromatic heterocycles. The van der Waals surface area contributed by atoms with Crippen LogP contribution in [0, 0.1) is 12.5 Å². The highest BCUT2D eigenvalue weighted by molar-refractivity contribution is 7.82. The van der Waals surface area contributed by atoms with Crippen LogP contribution in [0.4, 0.5) is 0 Å². The number of hydrogen-bond acceptors (Lipinski definition) is 4. The van der Waals surface area contributed by atoms with Crippen LogP contribution in [0.25, 0.3) is 0 Å². The van der Waals surface area contributed by atoms with E-state index >= 15 is 0 Å². The van der Waals surface area contributed by atoms with Crippen molar-refractivity contribution in [1.29, 1.82) is 0 Å². The molecule has 0 bridgehead atoms. The maximum atomic E-state index is 10.2. The molecular weight excluding hydrogens is 144 g/mol. The quantitative estimate of drug-likeness (QED) is 0.526. The molecule has 4 nitrogen and oxygen atoms in total. The van der Waals surface area contributed by atoms with Gasteiger partial charge in [0.25, 0.3) is 0 Å². The van der Waals surface area contributed by atoms with Gasteiger partial charge in [0.05, 0.1) is 6.61 Å². The number of rotatable bonds is 3. The lowest BCUT2D eigenvalue weighted by Crippen LogP contribution is -2.05. The molecule has 0 saturated carbocycles. The van der Waals surface area contributed by atoms with Crippen molar-refractivity contribution in [3.05, 3.63) is 0 Å². The van der Waals surface area contributed by atoms with Crippen LogP contribution in [0.15, 0.2) is 0 Å². The van der Waals surface area contributed by atoms with Crippen molar-refractivity contribution in [2.75, 3.05) is 6.61 Å². The number of hydrogen-bond donors (Lipinski definition) is 0. The van der Waals surface area contributed by atoms with Crippen LogP contribution >= 0.6 is 0 Å². The van der Waals surface area contributed by atoms with Gasteiger partial charge in [0.1, 0.15) is 6.11 Å². The van der Waals surface area contributed by atoms with Gasteiger partial charge in [-0.1, -0.05) is 6.42 Å². The van der Waals surface area contributed by atoms with Gasteiger partial charge in [-0.25, -0.2) is 4.18 Å². The Morgan fingerprint density at radius 1 is 1.67 bits per heavy atom. The van der Waals surface area contributed by atoms with Gasteiger partial charge in [0, 0.05) is 0 Å². The van der Waals surface area contributed by atoms with E-state index in [-0.39, 0.29) is 6.61 Å². The van der Waals surface area contributed by atoms with E-state index < -0.39 is 10.4 Å². The first kappa shape index (κ1) is 8.27. The molecule has 0 atom stereocenters. The van der Waals surface area contributed by atoms with E-state index in [2.05, 4.69) is 14.8 Å². The summed E-state index contributed by atoms with van der Waals surface area (Å²) in [5.41, 5.74) is 0. The van der Waals surface area contributed by atoms with E-state index in [0.29, 0.717) is 0 Å². The van der Waals surface area contributed by atoms with Crippen LogP contribution < -0.4 is 0 Å². The van der Waals surface area contributed by atoms with Crippen molar-refractivity contribution in [3.63, 3.8) is 0 Å². The molecule has 0 saturated heterocycles. The number of terminal acetylenes is 1. The van der Waals surface area contributed by atoms with Crippen molar-refractivity contribution >= 4 is 10.4 Å². The average Bonchev–Trinajstić information content (AvgIpc) is 1.64. The Hall–Kier alpha value is -0.730. The molecule has 5 heteroatoms. The van der Waals surface area contributed by atoms with Gasteiger partial charge >= 0.3 is 10.4 Å². The molecule has 0 N–H and O–H groups in total. The Morgan fingerprint density at radius 2 is 2.22 bits per heavy atom. The molecule has 0 fully saturated rings. The molecule has 0 unspecified atom stereocenters. The van der Waals surface area contributed by atoms with Crippen LogP contribution in [-0.2, 0) is 18.8 Å². The fourth-order valence-corrected chi connectivity index (χ4v) is 0.682. The average molecular weight is 150 g/mol. The fraction of sp³-hybridized carbons (Fsp3) is 0.500. The van der Waals surface area contributed by atoms with Crippen molar-refractivity contribution in [1.82, 2.24) is 0 Å². The molecule has 52 valence electrons. The van der Waals surface area contributed by atoms with Crippen LogP contribution in [-0.4, -0.2) is 15.0 Å². The molecule has 0 aromatic rings. The van der Waals surface area contributed by atoms with Gasteiger partial charge in [-0.15, -0.1) is 0 Å². The maximum absolute atomic E-state index is 10.2. The Bertz CT molecular complexity index is 197. The summed E-state index contributed by atoms with van der Waals surface area (Å²) >= 11 is 0. The van der Waals surface area contributed by atoms with Gasteiger partial charge in [-0.2, -0.15) is 8.42 Å². The van der Waals surface area contributed by atoms with Crippen molar-refractivity contribution < 1.29 is 16.8 Å². The monoisotopic (exact) mass is 150 g/mol. The molecule has 0 aliphatic rings. The third-order valence-electron chi connectivity index (χ3n) is 0.412. The first-order chi connectivity index (χ1) is 4.12. The summed E-state index contributed by atoms with van der Waals surface area (Å²) in [6.45, 7) is 1.53. The lowest BCUT2D eigenvalue weighted by molar-refractivity contribution is 0.279. The van der Waals surface area contributed by atoms with E-state index in [1.165, 1.54) is 13.0 Å². The third-order valence-corrected chi connectivity index (χ3v) is 1.24. The van der Waals surface area contributed by atoms with Crippen LogP contribution in [0.1, 0.15) is 6.92 Å². The summed E-state index contributed by atoms with van der Waals surface area (Å²) in [6.07, 6.45) is 5.99. The Morgan fingerprint density at radius 3 is 2.56 bits per heavy atom. The highest BCUT2D eigenvalue weighted by Crippen LogP contribution is 1.91. The second kappa shape index (κ2) is 3.33.